The van der Waals surface area contributed by atoms with Gasteiger partial charge in [0.2, 0.25) is 0 Å². The van der Waals surface area contributed by atoms with Crippen molar-refractivity contribution in [3.63, 3.8) is 0 Å². The van der Waals surface area contributed by atoms with E-state index in [0.29, 0.717) is 16.0 Å². The zero-order valence-electron chi connectivity index (χ0n) is 19.7. The van der Waals surface area contributed by atoms with Crippen LogP contribution in [0.3, 0.4) is 0 Å². The summed E-state index contributed by atoms with van der Waals surface area (Å²) >= 11 is 2.51. The molecule has 1 N–H and O–H groups in total. The second-order valence-corrected chi connectivity index (χ2v) is 19.1. The Bertz CT molecular complexity index is 965. The zero-order chi connectivity index (χ0) is 23.6. The monoisotopic (exact) mass is 578 g/mol. The molecule has 2 atom stereocenters. The van der Waals surface area contributed by atoms with Crippen LogP contribution in [-0.2, 0) is 4.57 Å². The van der Waals surface area contributed by atoms with Crippen LogP contribution in [0.25, 0.3) is 0 Å². The summed E-state index contributed by atoms with van der Waals surface area (Å²) in [5, 5.41) is 1.75. The highest BCUT2D eigenvalue weighted by Crippen LogP contribution is 2.49. The molecular weight excluding hydrogens is 542 g/mol. The Balaban J connectivity index is 1.89. The van der Waals surface area contributed by atoms with E-state index in [2.05, 4.69) is 49.1 Å². The van der Waals surface area contributed by atoms with Crippen LogP contribution in [-0.4, -0.2) is 23.2 Å². The normalized spacial score (nSPS) is 21.7. The molecule has 2 nitrogen and oxygen atoms in total. The average Bonchev–Trinajstić information content (AvgIpc) is 2.75. The maximum atomic E-state index is 14.4. The van der Waals surface area contributed by atoms with E-state index in [9.17, 15) is 9.36 Å². The lowest BCUT2D eigenvalue weighted by atomic mass is 9.77. The second kappa shape index (κ2) is 10.1. The standard InChI is InChI=1S/C27H36IO2PSi/c1-21-23(20-27(2,3)32(4,5)30)18-22(19-26(21)28)16-17-31(29,24-12-8-6-9-13-24)25-14-10-7-11-15-25/h6-16,23,26,30H,1,17-20H2,2-5H3/b22-16+/t23-,26+/m0/s1. The summed E-state index contributed by atoms with van der Waals surface area (Å²) in [5.74, 6) is 0.360. The van der Waals surface area contributed by atoms with E-state index in [0.717, 1.165) is 29.9 Å². The molecule has 3 rings (SSSR count). The smallest absolute Gasteiger partial charge is 0.188 e. The molecule has 172 valence electrons. The summed E-state index contributed by atoms with van der Waals surface area (Å²) in [6, 6.07) is 19.8. The number of halogens is 1. The molecule has 0 radical (unpaired) electrons. The van der Waals surface area contributed by atoms with Crippen LogP contribution in [0.5, 0.6) is 0 Å². The number of alkyl halides is 1. The zero-order valence-corrected chi connectivity index (χ0v) is 23.8. The van der Waals surface area contributed by atoms with E-state index in [-0.39, 0.29) is 5.04 Å². The average molecular weight is 579 g/mol. The number of benzene rings is 2. The molecule has 1 aliphatic carbocycles. The van der Waals surface area contributed by atoms with Crippen LogP contribution in [0.4, 0.5) is 0 Å². The first-order valence-corrected chi connectivity index (χ1v) is 17.5. The molecule has 0 amide bonds. The quantitative estimate of drug-likeness (QED) is 0.126. The molecule has 0 spiro atoms. The third-order valence-electron chi connectivity index (χ3n) is 7.27. The molecule has 0 bridgehead atoms. The Morgan fingerprint density at radius 2 is 1.56 bits per heavy atom. The molecule has 0 aromatic heterocycles. The maximum Gasteiger partial charge on any atom is 0.188 e. The van der Waals surface area contributed by atoms with Crippen LogP contribution >= 0.6 is 29.7 Å². The van der Waals surface area contributed by atoms with E-state index < -0.39 is 15.5 Å². The van der Waals surface area contributed by atoms with Crippen LogP contribution < -0.4 is 10.6 Å². The minimum absolute atomic E-state index is 0.0806. The van der Waals surface area contributed by atoms with Gasteiger partial charge in [-0.25, -0.2) is 0 Å². The van der Waals surface area contributed by atoms with Gasteiger partial charge in [0.1, 0.15) is 7.14 Å². The molecule has 0 saturated heterocycles. The molecule has 32 heavy (non-hydrogen) atoms. The molecular formula is C27H36IO2PSi. The van der Waals surface area contributed by atoms with Gasteiger partial charge in [-0.05, 0) is 43.3 Å². The van der Waals surface area contributed by atoms with Gasteiger partial charge in [-0.2, -0.15) is 0 Å². The maximum absolute atomic E-state index is 14.4. The highest BCUT2D eigenvalue weighted by atomic mass is 127. The Morgan fingerprint density at radius 3 is 2.03 bits per heavy atom. The molecule has 0 heterocycles. The van der Waals surface area contributed by atoms with E-state index in [1.165, 1.54) is 11.1 Å². The van der Waals surface area contributed by atoms with Crippen molar-refractivity contribution in [3.8, 4) is 0 Å². The van der Waals surface area contributed by atoms with Gasteiger partial charge in [0.15, 0.2) is 8.32 Å². The van der Waals surface area contributed by atoms with Crippen molar-refractivity contribution >= 4 is 48.7 Å². The fraction of sp³-hybridized carbons (Fsp3) is 0.407. The van der Waals surface area contributed by atoms with Gasteiger partial charge in [0, 0.05) is 20.7 Å². The van der Waals surface area contributed by atoms with Crippen molar-refractivity contribution in [2.45, 2.75) is 55.2 Å². The molecule has 2 aromatic rings. The van der Waals surface area contributed by atoms with Gasteiger partial charge in [-0.15, -0.1) is 0 Å². The largest absolute Gasteiger partial charge is 0.432 e. The summed E-state index contributed by atoms with van der Waals surface area (Å²) in [5.41, 5.74) is 2.67. The fourth-order valence-corrected chi connectivity index (χ4v) is 8.70. The molecule has 5 heteroatoms. The lowest BCUT2D eigenvalue weighted by Gasteiger charge is -2.41. The van der Waals surface area contributed by atoms with Gasteiger partial charge in [0.05, 0.1) is 0 Å². The SMILES string of the molecule is C=C1[C@H](CC(C)(C)[Si](C)(C)O)C/C(=C\CP(=O)(c2ccccc2)c2ccccc2)C[C@H]1I. The highest BCUT2D eigenvalue weighted by molar-refractivity contribution is 14.1. The van der Waals surface area contributed by atoms with Crippen molar-refractivity contribution < 1.29 is 9.36 Å². The first-order chi connectivity index (χ1) is 14.9. The van der Waals surface area contributed by atoms with Gasteiger partial charge >= 0.3 is 0 Å². The summed E-state index contributed by atoms with van der Waals surface area (Å²) in [6.07, 6.45) is 5.67. The van der Waals surface area contributed by atoms with Gasteiger partial charge < -0.3 is 9.36 Å². The topological polar surface area (TPSA) is 37.3 Å². The number of hydrogen-bond donors (Lipinski definition) is 1. The Labute approximate surface area is 208 Å². The Morgan fingerprint density at radius 1 is 1.06 bits per heavy atom. The van der Waals surface area contributed by atoms with Crippen molar-refractivity contribution in [2.24, 2.45) is 5.92 Å². The second-order valence-electron chi connectivity index (χ2n) is 10.3. The fourth-order valence-electron chi connectivity index (χ4n) is 4.34. The Kier molecular flexibility index (Phi) is 8.13. The lowest BCUT2D eigenvalue weighted by Crippen LogP contribution is -2.41. The summed E-state index contributed by atoms with van der Waals surface area (Å²) in [6.45, 7) is 12.9. The first-order valence-electron chi connectivity index (χ1n) is 11.4. The van der Waals surface area contributed by atoms with Crippen LogP contribution in [0.2, 0.25) is 18.1 Å². The van der Waals surface area contributed by atoms with Crippen molar-refractivity contribution in [1.29, 1.82) is 0 Å². The van der Waals surface area contributed by atoms with Gasteiger partial charge in [0.25, 0.3) is 0 Å². The summed E-state index contributed by atoms with van der Waals surface area (Å²) in [7, 11) is -5.03. The minimum atomic E-state index is -2.75. The van der Waals surface area contributed by atoms with Crippen LogP contribution in [0, 0.1) is 5.92 Å². The predicted molar refractivity (Wildman–Crippen MR) is 151 cm³/mol. The van der Waals surface area contributed by atoms with Crippen LogP contribution in [0.15, 0.2) is 84.5 Å². The molecule has 0 aliphatic heterocycles. The lowest BCUT2D eigenvalue weighted by molar-refractivity contribution is 0.386. The summed E-state index contributed by atoms with van der Waals surface area (Å²) in [4.78, 5) is 10.8. The third-order valence-corrected chi connectivity index (χ3v) is 15.0. The number of allylic oxidation sites excluding steroid dienone is 3. The molecule has 1 aliphatic rings. The Hall–Kier alpha value is -0.943. The van der Waals surface area contributed by atoms with E-state index in [4.69, 9.17) is 0 Å². The van der Waals surface area contributed by atoms with E-state index in [1.54, 1.807) is 0 Å². The third kappa shape index (κ3) is 5.75. The molecule has 1 saturated carbocycles. The predicted octanol–water partition coefficient (Wildman–Crippen LogP) is 7.06. The molecule has 0 unspecified atom stereocenters. The number of rotatable bonds is 7. The van der Waals surface area contributed by atoms with Gasteiger partial charge in [-0.3, -0.25) is 0 Å². The van der Waals surface area contributed by atoms with E-state index in [1.807, 2.05) is 73.8 Å². The first kappa shape index (κ1) is 25.7. The molecule has 2 aromatic carbocycles. The van der Waals surface area contributed by atoms with Crippen molar-refractivity contribution in [3.05, 3.63) is 84.5 Å². The number of hydrogen-bond acceptors (Lipinski definition) is 2. The van der Waals surface area contributed by atoms with Crippen LogP contribution in [0.1, 0.15) is 33.1 Å². The minimum Gasteiger partial charge on any atom is -0.432 e. The summed E-state index contributed by atoms with van der Waals surface area (Å²) < 4.78 is 14.7. The van der Waals surface area contributed by atoms with E-state index >= 15 is 0 Å². The van der Waals surface area contributed by atoms with Crippen molar-refractivity contribution in [2.75, 3.05) is 6.16 Å². The van der Waals surface area contributed by atoms with Crippen molar-refractivity contribution in [1.82, 2.24) is 0 Å². The molecule has 1 fully saturated rings. The van der Waals surface area contributed by atoms with Gasteiger partial charge in [-0.1, -0.05) is 121 Å². The highest BCUT2D eigenvalue weighted by Gasteiger charge is 2.41.